The number of fused-ring (bicyclic) bond motifs is 3. The molecular formula is C21H26N2O4. The summed E-state index contributed by atoms with van der Waals surface area (Å²) in [6.45, 7) is 2.96. The number of rotatable bonds is 2. The molecule has 6 heteroatoms. The van der Waals surface area contributed by atoms with Crippen LogP contribution in [0.15, 0.2) is 35.9 Å². The Morgan fingerprint density at radius 2 is 2.26 bits per heavy atom. The molecule has 3 aliphatic heterocycles. The summed E-state index contributed by atoms with van der Waals surface area (Å²) in [5.74, 6) is -0.433. The fourth-order valence-electron chi connectivity index (χ4n) is 6.67. The van der Waals surface area contributed by atoms with Crippen LogP contribution in [0, 0.1) is 11.3 Å². The van der Waals surface area contributed by atoms with Crippen molar-refractivity contribution in [3.05, 3.63) is 41.5 Å². The highest BCUT2D eigenvalue weighted by atomic mass is 16.5. The summed E-state index contributed by atoms with van der Waals surface area (Å²) in [6.07, 6.45) is 3.46. The van der Waals surface area contributed by atoms with Gasteiger partial charge in [0, 0.05) is 18.2 Å². The fourth-order valence-corrected chi connectivity index (χ4v) is 6.67. The summed E-state index contributed by atoms with van der Waals surface area (Å²) < 4.78 is 11.8. The standard InChI is InChI=1S/C21H26N2O4/c1-3-13-11-22-17-10-15(13)19(12-24,18(25)26-2)20-8-9-27-21(17,20)23-16-7-5-4-6-14(16)20/h3-7,15,17,22-24H,8-12H2,1-2H3/t15-,17+,19+,20-,21-/m0/s1. The maximum atomic E-state index is 13.5. The van der Waals surface area contributed by atoms with Gasteiger partial charge in [-0.15, -0.1) is 0 Å². The molecule has 2 bridgehead atoms. The van der Waals surface area contributed by atoms with Gasteiger partial charge in [0.2, 0.25) is 0 Å². The van der Waals surface area contributed by atoms with E-state index in [0.717, 1.165) is 23.2 Å². The lowest BCUT2D eigenvalue weighted by molar-refractivity contribution is -0.192. The maximum absolute atomic E-state index is 13.5. The first kappa shape index (κ1) is 17.2. The molecule has 27 heavy (non-hydrogen) atoms. The number of carbonyl (C=O) groups excluding carboxylic acids is 1. The topological polar surface area (TPSA) is 79.8 Å². The number of hydrogen-bond donors (Lipinski definition) is 3. The minimum absolute atomic E-state index is 0.0467. The number of hydrogen-bond acceptors (Lipinski definition) is 6. The molecule has 1 saturated carbocycles. The molecule has 0 amide bonds. The van der Waals surface area contributed by atoms with Gasteiger partial charge in [-0.1, -0.05) is 29.8 Å². The molecule has 5 atom stereocenters. The quantitative estimate of drug-likeness (QED) is 0.542. The first-order valence-corrected chi connectivity index (χ1v) is 9.70. The molecule has 6 nitrogen and oxygen atoms in total. The molecule has 3 fully saturated rings. The van der Waals surface area contributed by atoms with Gasteiger partial charge in [-0.05, 0) is 31.4 Å². The number of allylic oxidation sites excluding steroid dienone is 1. The van der Waals surface area contributed by atoms with Crippen molar-refractivity contribution in [2.45, 2.75) is 36.9 Å². The lowest BCUT2D eigenvalue weighted by atomic mass is 9.44. The first-order valence-electron chi connectivity index (χ1n) is 9.70. The number of anilines is 1. The van der Waals surface area contributed by atoms with E-state index in [1.54, 1.807) is 0 Å². The number of ether oxygens (including phenoxy) is 2. The van der Waals surface area contributed by atoms with E-state index >= 15 is 0 Å². The van der Waals surface area contributed by atoms with Gasteiger partial charge >= 0.3 is 5.97 Å². The molecule has 3 heterocycles. The lowest BCUT2D eigenvalue weighted by Crippen LogP contribution is -2.78. The van der Waals surface area contributed by atoms with Crippen LogP contribution in [0.5, 0.6) is 0 Å². The monoisotopic (exact) mass is 370 g/mol. The van der Waals surface area contributed by atoms with Gasteiger partial charge in [0.25, 0.3) is 0 Å². The largest absolute Gasteiger partial charge is 0.468 e. The molecule has 1 aromatic rings. The van der Waals surface area contributed by atoms with Crippen LogP contribution in [0.1, 0.15) is 25.3 Å². The van der Waals surface area contributed by atoms with Crippen molar-refractivity contribution < 1.29 is 19.4 Å². The first-order chi connectivity index (χ1) is 13.1. The van der Waals surface area contributed by atoms with Crippen molar-refractivity contribution in [1.82, 2.24) is 5.32 Å². The van der Waals surface area contributed by atoms with Gasteiger partial charge in [-0.3, -0.25) is 4.79 Å². The third-order valence-electron chi connectivity index (χ3n) is 7.64. The highest BCUT2D eigenvalue weighted by Gasteiger charge is 2.81. The second-order valence-corrected chi connectivity index (χ2v) is 8.12. The molecule has 2 saturated heterocycles. The van der Waals surface area contributed by atoms with Crippen LogP contribution in [0.3, 0.4) is 0 Å². The molecule has 0 unspecified atom stereocenters. The number of esters is 1. The Hall–Kier alpha value is -1.89. The van der Waals surface area contributed by atoms with Crippen molar-refractivity contribution in [2.24, 2.45) is 11.3 Å². The van der Waals surface area contributed by atoms with Gasteiger partial charge in [0.1, 0.15) is 5.41 Å². The number of nitrogens with one attached hydrogen (secondary N) is 2. The predicted octanol–water partition coefficient (Wildman–Crippen LogP) is 1.56. The highest BCUT2D eigenvalue weighted by Crippen LogP contribution is 2.70. The second kappa shape index (κ2) is 5.56. The molecule has 0 spiro atoms. The van der Waals surface area contributed by atoms with Crippen molar-refractivity contribution in [3.8, 4) is 0 Å². The van der Waals surface area contributed by atoms with Crippen LogP contribution in [-0.2, 0) is 19.7 Å². The minimum Gasteiger partial charge on any atom is -0.468 e. The van der Waals surface area contributed by atoms with E-state index in [4.69, 9.17) is 9.47 Å². The average molecular weight is 370 g/mol. The van der Waals surface area contributed by atoms with Crippen LogP contribution in [0.2, 0.25) is 0 Å². The van der Waals surface area contributed by atoms with E-state index in [1.165, 1.54) is 7.11 Å². The van der Waals surface area contributed by atoms with Crippen molar-refractivity contribution in [1.29, 1.82) is 0 Å². The fraction of sp³-hybridized carbons (Fsp3) is 0.571. The molecule has 144 valence electrons. The van der Waals surface area contributed by atoms with Gasteiger partial charge in [-0.2, -0.15) is 0 Å². The lowest BCUT2D eigenvalue weighted by Gasteiger charge is -2.62. The van der Waals surface area contributed by atoms with Crippen molar-refractivity contribution >= 4 is 11.7 Å². The van der Waals surface area contributed by atoms with E-state index in [0.29, 0.717) is 19.6 Å². The minimum atomic E-state index is -1.09. The van der Waals surface area contributed by atoms with Crippen LogP contribution in [0.4, 0.5) is 5.69 Å². The number of benzene rings is 1. The molecule has 3 N–H and O–H groups in total. The third-order valence-corrected chi connectivity index (χ3v) is 7.64. The zero-order valence-corrected chi connectivity index (χ0v) is 15.7. The Morgan fingerprint density at radius 3 is 3.00 bits per heavy atom. The number of aliphatic hydroxyl groups is 1. The Labute approximate surface area is 158 Å². The van der Waals surface area contributed by atoms with E-state index < -0.39 is 16.6 Å². The van der Waals surface area contributed by atoms with Gasteiger partial charge < -0.3 is 25.2 Å². The van der Waals surface area contributed by atoms with Crippen LogP contribution < -0.4 is 10.6 Å². The number of carbonyl (C=O) groups is 1. The van der Waals surface area contributed by atoms with E-state index in [2.05, 4.69) is 22.8 Å². The van der Waals surface area contributed by atoms with Gasteiger partial charge in [-0.25, -0.2) is 0 Å². The van der Waals surface area contributed by atoms with E-state index in [1.807, 2.05) is 25.1 Å². The summed E-state index contributed by atoms with van der Waals surface area (Å²) in [5, 5.41) is 18.1. The molecule has 1 aromatic carbocycles. The van der Waals surface area contributed by atoms with Crippen LogP contribution in [0.25, 0.3) is 0 Å². The molecule has 1 aliphatic carbocycles. The summed E-state index contributed by atoms with van der Waals surface area (Å²) in [5.41, 5.74) is 0.658. The molecule has 0 radical (unpaired) electrons. The highest BCUT2D eigenvalue weighted by molar-refractivity contribution is 5.85. The van der Waals surface area contributed by atoms with Crippen molar-refractivity contribution in [3.63, 3.8) is 0 Å². The number of piperidine rings is 1. The van der Waals surface area contributed by atoms with Gasteiger partial charge in [0.15, 0.2) is 5.72 Å². The van der Waals surface area contributed by atoms with Crippen LogP contribution in [-0.4, -0.2) is 49.7 Å². The Balaban J connectivity index is 1.87. The number of methoxy groups -OCH3 is 1. The molecule has 4 aliphatic rings. The number of para-hydroxylation sites is 1. The summed E-state index contributed by atoms with van der Waals surface area (Å²) >= 11 is 0. The molecule has 5 rings (SSSR count). The zero-order valence-electron chi connectivity index (χ0n) is 15.7. The molecular weight excluding hydrogens is 344 g/mol. The predicted molar refractivity (Wildman–Crippen MR) is 100 cm³/mol. The van der Waals surface area contributed by atoms with E-state index in [9.17, 15) is 9.90 Å². The van der Waals surface area contributed by atoms with E-state index in [-0.39, 0.29) is 24.5 Å². The summed E-state index contributed by atoms with van der Waals surface area (Å²) in [6, 6.07) is 8.14. The normalized spacial score (nSPS) is 42.9. The maximum Gasteiger partial charge on any atom is 0.315 e. The summed E-state index contributed by atoms with van der Waals surface area (Å²) in [7, 11) is 1.42. The Kier molecular flexibility index (Phi) is 3.55. The van der Waals surface area contributed by atoms with Crippen molar-refractivity contribution in [2.75, 3.05) is 32.2 Å². The summed E-state index contributed by atoms with van der Waals surface area (Å²) in [4.78, 5) is 13.5. The van der Waals surface area contributed by atoms with Gasteiger partial charge in [0.05, 0.1) is 31.8 Å². The van der Waals surface area contributed by atoms with Crippen LogP contribution >= 0.6 is 0 Å². The Bertz CT molecular complexity index is 839. The second-order valence-electron chi connectivity index (χ2n) is 8.12. The third kappa shape index (κ3) is 1.67. The average Bonchev–Trinajstić information content (AvgIpc) is 3.22. The number of aliphatic hydroxyl groups excluding tert-OH is 1. The molecule has 0 aromatic heterocycles. The smallest absolute Gasteiger partial charge is 0.315 e. The Morgan fingerprint density at radius 1 is 1.44 bits per heavy atom. The zero-order chi connectivity index (χ0) is 18.9. The SMILES string of the molecule is CC=C1CN[C@@H]2C[C@@H]1[C@](CO)(C(=O)OC)[C@@]13CCO[C@@]21Nc1ccccc13.